The van der Waals surface area contributed by atoms with E-state index in [2.05, 4.69) is 48.4 Å². The highest BCUT2D eigenvalue weighted by atomic mass is 16.5. The maximum atomic E-state index is 14.6. The van der Waals surface area contributed by atoms with Crippen molar-refractivity contribution in [1.82, 2.24) is 20.9 Å². The molecule has 1 aliphatic heterocycles. The van der Waals surface area contributed by atoms with Crippen LogP contribution in [0.5, 0.6) is 0 Å². The van der Waals surface area contributed by atoms with Gasteiger partial charge in [-0.25, -0.2) is 9.79 Å². The minimum Gasteiger partial charge on any atom is -0.383 e. The quantitative estimate of drug-likeness (QED) is 0.222. The van der Waals surface area contributed by atoms with E-state index >= 15 is 0 Å². The normalized spacial score (nSPS) is 27.2. The first-order valence-corrected chi connectivity index (χ1v) is 16.8. The van der Waals surface area contributed by atoms with E-state index in [0.29, 0.717) is 19.6 Å². The molecule has 0 spiro atoms. The molecule has 0 bridgehead atoms. The molecule has 1 saturated heterocycles. The number of hydrogen-bond donors (Lipinski definition) is 3. The molecule has 45 heavy (non-hydrogen) atoms. The molecule has 4 aliphatic rings. The summed E-state index contributed by atoms with van der Waals surface area (Å²) in [5.74, 6) is -2.17. The van der Waals surface area contributed by atoms with Crippen LogP contribution in [-0.2, 0) is 23.9 Å². The Morgan fingerprint density at radius 3 is 2.16 bits per heavy atom. The minimum atomic E-state index is -1.01. The molecule has 4 unspecified atom stereocenters. The molecular formula is C34H55N5O6. The van der Waals surface area contributed by atoms with Gasteiger partial charge in [0.2, 0.25) is 17.6 Å². The highest BCUT2D eigenvalue weighted by molar-refractivity contribution is 6.39. The highest BCUT2D eigenvalue weighted by Gasteiger charge is 2.70. The first-order chi connectivity index (χ1) is 21.0. The number of rotatable bonds is 12. The lowest BCUT2D eigenvalue weighted by Gasteiger charge is -2.43. The summed E-state index contributed by atoms with van der Waals surface area (Å²) in [6.45, 7) is 16.2. The number of nitrogens with one attached hydrogen (secondary N) is 3. The summed E-state index contributed by atoms with van der Waals surface area (Å²) in [6, 6.07) is -3.38. The topological polar surface area (TPSA) is 146 Å². The van der Waals surface area contributed by atoms with Gasteiger partial charge in [0.25, 0.3) is 0 Å². The number of ketones is 1. The van der Waals surface area contributed by atoms with E-state index in [-0.39, 0.29) is 40.5 Å². The summed E-state index contributed by atoms with van der Waals surface area (Å²) in [4.78, 5) is 72.4. The number of carbonyl (C=O) groups is 5. The van der Waals surface area contributed by atoms with Crippen molar-refractivity contribution in [2.24, 2.45) is 39.0 Å². The Morgan fingerprint density at radius 2 is 1.62 bits per heavy atom. The van der Waals surface area contributed by atoms with Crippen LogP contribution in [-0.4, -0.2) is 85.6 Å². The summed E-state index contributed by atoms with van der Waals surface area (Å²) >= 11 is 0. The van der Waals surface area contributed by atoms with E-state index in [1.165, 1.54) is 0 Å². The SMILES string of the molecule is C=NC(=O)C(=O)C(CC1CCC1)NC(=O)C1[C@@H]2[C@H](CN1C(=O)C(NC(=O)NC(COC)C(C)(C)C)C1(C)CCCCC1)C2(C)C. The van der Waals surface area contributed by atoms with Crippen LogP contribution in [0.15, 0.2) is 4.99 Å². The van der Waals surface area contributed by atoms with Crippen molar-refractivity contribution in [3.05, 3.63) is 0 Å². The van der Waals surface area contributed by atoms with Crippen molar-refractivity contribution in [3.8, 4) is 0 Å². The third-order valence-corrected chi connectivity index (χ3v) is 11.4. The fourth-order valence-electron chi connectivity index (χ4n) is 7.94. The van der Waals surface area contributed by atoms with Crippen LogP contribution in [0.3, 0.4) is 0 Å². The van der Waals surface area contributed by atoms with Gasteiger partial charge in [-0.05, 0) is 60.0 Å². The average Bonchev–Trinajstić information content (AvgIpc) is 3.27. The van der Waals surface area contributed by atoms with Gasteiger partial charge < -0.3 is 25.6 Å². The first-order valence-electron chi connectivity index (χ1n) is 16.8. The molecule has 6 atom stereocenters. The van der Waals surface area contributed by atoms with Gasteiger partial charge in [-0.2, -0.15) is 0 Å². The van der Waals surface area contributed by atoms with Crippen LogP contribution in [0, 0.1) is 34.0 Å². The van der Waals surface area contributed by atoms with Crippen LogP contribution in [0.2, 0.25) is 0 Å². The molecule has 4 fully saturated rings. The van der Waals surface area contributed by atoms with Crippen molar-refractivity contribution in [2.75, 3.05) is 20.3 Å². The summed E-state index contributed by atoms with van der Waals surface area (Å²) in [7, 11) is 1.59. The second-order valence-corrected chi connectivity index (χ2v) is 15.9. The van der Waals surface area contributed by atoms with Crippen LogP contribution in [0.4, 0.5) is 4.79 Å². The number of fused-ring (bicyclic) bond motifs is 1. The molecule has 252 valence electrons. The molecule has 0 aromatic heterocycles. The molecule has 11 nitrogen and oxygen atoms in total. The van der Waals surface area contributed by atoms with Gasteiger partial charge >= 0.3 is 11.9 Å². The second kappa shape index (κ2) is 13.5. The number of aliphatic imine (C=N–C) groups is 1. The van der Waals surface area contributed by atoms with E-state index in [1.807, 2.05) is 20.8 Å². The molecule has 3 N–H and O–H groups in total. The maximum Gasteiger partial charge on any atom is 0.315 e. The van der Waals surface area contributed by atoms with Gasteiger partial charge in [-0.1, -0.05) is 80.1 Å². The molecule has 0 aromatic rings. The van der Waals surface area contributed by atoms with Gasteiger partial charge in [0.05, 0.1) is 18.7 Å². The fraction of sp³-hybridized carbons (Fsp3) is 0.824. The molecule has 0 aromatic carbocycles. The van der Waals surface area contributed by atoms with Crippen LogP contribution in [0.25, 0.3) is 0 Å². The number of amides is 5. The molecule has 1 heterocycles. The van der Waals surface area contributed by atoms with E-state index in [0.717, 1.165) is 51.4 Å². The van der Waals surface area contributed by atoms with Crippen molar-refractivity contribution >= 4 is 36.3 Å². The number of nitrogens with zero attached hydrogens (tertiary/aromatic N) is 2. The molecule has 3 aliphatic carbocycles. The Labute approximate surface area is 268 Å². The number of likely N-dealkylation sites (tertiary alicyclic amines) is 1. The van der Waals surface area contributed by atoms with Crippen LogP contribution < -0.4 is 16.0 Å². The Bertz CT molecular complexity index is 1170. The lowest BCUT2D eigenvalue weighted by Crippen LogP contribution is -2.63. The molecule has 3 saturated carbocycles. The largest absolute Gasteiger partial charge is 0.383 e. The number of ether oxygens (including phenoxy) is 1. The first kappa shape index (κ1) is 35.0. The van der Waals surface area contributed by atoms with Gasteiger partial charge in [-0.3, -0.25) is 19.2 Å². The number of methoxy groups -OCH3 is 1. The molecule has 11 heteroatoms. The number of Topliss-reactive ketones (excluding diaryl/α,β-unsaturated/α-hetero) is 1. The Morgan fingerprint density at radius 1 is 0.978 bits per heavy atom. The lowest BCUT2D eigenvalue weighted by molar-refractivity contribution is -0.146. The standard InChI is InChI=1S/C34H55N5O6/c1-32(2,3)23(19-45-8)37-31(44)38-27(34(6)15-10-9-11-16-34)30(43)39-18-21-24(33(21,4)5)25(39)28(41)36-22(17-20-13-12-14-20)26(40)29(42)35-7/h20-25,27H,7,9-19H2,1-6,8H3,(H,36,41)(H2,37,38,44)/t21-,22?,23?,24-,25?,27?/m0/s1. The van der Waals surface area contributed by atoms with E-state index in [9.17, 15) is 24.0 Å². The minimum absolute atomic E-state index is 0.0882. The fourth-order valence-corrected chi connectivity index (χ4v) is 7.94. The predicted octanol–water partition coefficient (Wildman–Crippen LogP) is 3.64. The summed E-state index contributed by atoms with van der Waals surface area (Å²) in [6.07, 6.45) is 7.84. The van der Waals surface area contributed by atoms with Gasteiger partial charge in [0, 0.05) is 13.7 Å². The van der Waals surface area contributed by atoms with Crippen LogP contribution in [0.1, 0.15) is 99.3 Å². The molecule has 0 radical (unpaired) electrons. The molecule has 4 rings (SSSR count). The van der Waals surface area contributed by atoms with Gasteiger partial charge in [0.1, 0.15) is 12.1 Å². The average molecular weight is 630 g/mol. The Kier molecular flexibility index (Phi) is 10.5. The monoisotopic (exact) mass is 629 g/mol. The van der Waals surface area contributed by atoms with Crippen LogP contribution >= 0.6 is 0 Å². The van der Waals surface area contributed by atoms with Crippen molar-refractivity contribution in [2.45, 2.75) is 123 Å². The third kappa shape index (κ3) is 7.44. The van der Waals surface area contributed by atoms with Gasteiger partial charge in [0.15, 0.2) is 0 Å². The predicted molar refractivity (Wildman–Crippen MR) is 171 cm³/mol. The molecular weight excluding hydrogens is 574 g/mol. The summed E-state index contributed by atoms with van der Waals surface area (Å²) in [5, 5.41) is 8.95. The van der Waals surface area contributed by atoms with Crippen molar-refractivity contribution in [3.63, 3.8) is 0 Å². The number of urea groups is 1. The number of piperidine rings is 1. The third-order valence-electron chi connectivity index (χ3n) is 11.4. The van der Waals surface area contributed by atoms with E-state index < -0.39 is 47.2 Å². The zero-order valence-electron chi connectivity index (χ0n) is 28.4. The maximum absolute atomic E-state index is 14.6. The van der Waals surface area contributed by atoms with Crippen molar-refractivity contribution < 1.29 is 28.7 Å². The number of hydrogen-bond acceptors (Lipinski definition) is 6. The Balaban J connectivity index is 1.59. The smallest absolute Gasteiger partial charge is 0.315 e. The Hall–Kier alpha value is -2.82. The lowest BCUT2D eigenvalue weighted by atomic mass is 9.70. The zero-order chi connectivity index (χ0) is 33.3. The zero-order valence-corrected chi connectivity index (χ0v) is 28.4. The molecule has 5 amide bonds. The highest BCUT2D eigenvalue weighted by Crippen LogP contribution is 2.65. The van der Waals surface area contributed by atoms with Crippen molar-refractivity contribution in [1.29, 1.82) is 0 Å². The van der Waals surface area contributed by atoms with E-state index in [1.54, 1.807) is 12.0 Å². The summed E-state index contributed by atoms with van der Waals surface area (Å²) in [5.41, 5.74) is -0.915. The van der Waals surface area contributed by atoms with E-state index in [4.69, 9.17) is 4.74 Å². The second-order valence-electron chi connectivity index (χ2n) is 15.9. The summed E-state index contributed by atoms with van der Waals surface area (Å²) < 4.78 is 5.37. The van der Waals surface area contributed by atoms with Gasteiger partial charge in [-0.15, -0.1) is 0 Å². The number of carbonyl (C=O) groups excluding carboxylic acids is 5.